The summed E-state index contributed by atoms with van der Waals surface area (Å²) in [7, 11) is 0. The molecule has 1 saturated carbocycles. The van der Waals surface area contributed by atoms with E-state index in [-0.39, 0.29) is 12.3 Å². The Balaban J connectivity index is 0.000000303. The van der Waals surface area contributed by atoms with Gasteiger partial charge in [-0.05, 0) is 75.9 Å². The Morgan fingerprint density at radius 1 is 0.917 bits per heavy atom. The van der Waals surface area contributed by atoms with Crippen LogP contribution in [0.1, 0.15) is 70.9 Å². The van der Waals surface area contributed by atoms with E-state index >= 15 is 0 Å². The molecule has 0 aliphatic heterocycles. The topological polar surface area (TPSA) is 65.0 Å². The first-order valence-corrected chi connectivity index (χ1v) is 12.4. The van der Waals surface area contributed by atoms with Crippen molar-refractivity contribution in [3.05, 3.63) is 85.5 Å². The number of ether oxygens (including phenoxy) is 3. The van der Waals surface area contributed by atoms with Gasteiger partial charge in [0.15, 0.2) is 6.29 Å². The number of phenols is 1. The molecule has 5 nitrogen and oxygen atoms in total. The standard InChI is InChI=1S/C16H22O2.C8H8O.C7H12O2/c1-3-14-9-11-16(12-10-14)18-13(2)17-15-7-5-4-6-8-15;1-2-7-3-5-8(9)6-4-7;1-5-6(8)9-7(2,3)4/h3,9-13,15H,1,4-8H2,2H3;2-6,9H,1H2;5H,1H2,2-4H3. The van der Waals surface area contributed by atoms with Crippen molar-refractivity contribution < 1.29 is 24.1 Å². The molecular weight excluding hydrogens is 452 g/mol. The van der Waals surface area contributed by atoms with Crippen molar-refractivity contribution in [3.8, 4) is 11.5 Å². The Morgan fingerprint density at radius 3 is 1.83 bits per heavy atom. The predicted octanol–water partition coefficient (Wildman–Crippen LogP) is 7.95. The Hall–Kier alpha value is -3.31. The van der Waals surface area contributed by atoms with E-state index in [0.29, 0.717) is 11.9 Å². The third-order valence-electron chi connectivity index (χ3n) is 5.06. The van der Waals surface area contributed by atoms with Gasteiger partial charge >= 0.3 is 5.97 Å². The minimum atomic E-state index is -0.398. The van der Waals surface area contributed by atoms with Crippen molar-refractivity contribution in [2.24, 2.45) is 0 Å². The number of carbonyl (C=O) groups is 1. The van der Waals surface area contributed by atoms with E-state index in [4.69, 9.17) is 19.3 Å². The molecule has 1 unspecified atom stereocenters. The summed E-state index contributed by atoms with van der Waals surface area (Å²) >= 11 is 0. The summed E-state index contributed by atoms with van der Waals surface area (Å²) in [6, 6.07) is 14.8. The highest BCUT2D eigenvalue weighted by Gasteiger charge is 2.17. The number of carbonyl (C=O) groups excluding carboxylic acids is 1. The summed E-state index contributed by atoms with van der Waals surface area (Å²) in [6.45, 7) is 18.0. The number of aromatic hydroxyl groups is 1. The van der Waals surface area contributed by atoms with Gasteiger partial charge in [-0.15, -0.1) is 0 Å². The zero-order chi connectivity index (χ0) is 27.0. The van der Waals surface area contributed by atoms with Gasteiger partial charge < -0.3 is 19.3 Å². The smallest absolute Gasteiger partial charge is 0.330 e. The summed E-state index contributed by atoms with van der Waals surface area (Å²) in [6.07, 6.45) is 11.2. The highest BCUT2D eigenvalue weighted by molar-refractivity contribution is 5.81. The second kappa shape index (κ2) is 16.4. The molecule has 1 N–H and O–H groups in total. The normalized spacial score (nSPS) is 14.0. The fourth-order valence-electron chi connectivity index (χ4n) is 3.33. The Morgan fingerprint density at radius 2 is 1.42 bits per heavy atom. The van der Waals surface area contributed by atoms with Gasteiger partial charge in [-0.1, -0.05) is 75.4 Å². The molecule has 3 rings (SSSR count). The summed E-state index contributed by atoms with van der Waals surface area (Å²) in [5.41, 5.74) is 1.72. The van der Waals surface area contributed by atoms with Gasteiger partial charge in [0.2, 0.25) is 0 Å². The molecule has 2 aromatic rings. The van der Waals surface area contributed by atoms with E-state index in [0.717, 1.165) is 23.0 Å². The first kappa shape index (κ1) is 30.7. The number of benzene rings is 2. The molecule has 36 heavy (non-hydrogen) atoms. The van der Waals surface area contributed by atoms with Crippen LogP contribution in [-0.4, -0.2) is 29.1 Å². The highest BCUT2D eigenvalue weighted by atomic mass is 16.7. The summed E-state index contributed by atoms with van der Waals surface area (Å²) < 4.78 is 16.5. The van der Waals surface area contributed by atoms with E-state index in [1.165, 1.54) is 32.1 Å². The molecule has 0 aromatic heterocycles. The summed E-state index contributed by atoms with van der Waals surface area (Å²) in [4.78, 5) is 10.5. The third kappa shape index (κ3) is 14.2. The fourth-order valence-corrected chi connectivity index (χ4v) is 3.33. The summed E-state index contributed by atoms with van der Waals surface area (Å²) in [5, 5.41) is 8.82. The van der Waals surface area contributed by atoms with Gasteiger partial charge in [0.05, 0.1) is 6.10 Å². The average molecular weight is 495 g/mol. The third-order valence-corrected chi connectivity index (χ3v) is 5.06. The van der Waals surface area contributed by atoms with Gasteiger partial charge in [0.1, 0.15) is 17.1 Å². The van der Waals surface area contributed by atoms with Gasteiger partial charge in [-0.2, -0.15) is 0 Å². The number of rotatable bonds is 7. The molecule has 2 aromatic carbocycles. The minimum Gasteiger partial charge on any atom is -0.508 e. The van der Waals surface area contributed by atoms with E-state index in [2.05, 4.69) is 19.7 Å². The van der Waals surface area contributed by atoms with Gasteiger partial charge in [0.25, 0.3) is 0 Å². The SMILES string of the molecule is C=CC(=O)OC(C)(C)C.C=Cc1ccc(O)cc1.C=Cc1ccc(OC(C)OC2CCCCC2)cc1. The molecule has 1 aliphatic rings. The fraction of sp³-hybridized carbons (Fsp3) is 0.387. The first-order chi connectivity index (χ1) is 17.1. The lowest BCUT2D eigenvalue weighted by Crippen LogP contribution is -2.26. The average Bonchev–Trinajstić information content (AvgIpc) is 2.85. The Labute approximate surface area is 217 Å². The molecule has 0 bridgehead atoms. The molecule has 196 valence electrons. The number of hydrogen-bond acceptors (Lipinski definition) is 5. The van der Waals surface area contributed by atoms with Crippen molar-refractivity contribution in [2.75, 3.05) is 0 Å². The van der Waals surface area contributed by atoms with Crippen LogP contribution in [0.2, 0.25) is 0 Å². The second-order valence-electron chi connectivity index (χ2n) is 9.39. The molecule has 0 amide bonds. The van der Waals surface area contributed by atoms with Crippen LogP contribution in [0.15, 0.2) is 74.3 Å². The highest BCUT2D eigenvalue weighted by Crippen LogP contribution is 2.23. The molecule has 0 saturated heterocycles. The molecule has 0 radical (unpaired) electrons. The van der Waals surface area contributed by atoms with Crippen molar-refractivity contribution >= 4 is 18.1 Å². The summed E-state index contributed by atoms with van der Waals surface area (Å²) in [5.74, 6) is 0.770. The number of esters is 1. The van der Waals surface area contributed by atoms with Crippen LogP contribution < -0.4 is 4.74 Å². The Kier molecular flexibility index (Phi) is 14.0. The van der Waals surface area contributed by atoms with E-state index < -0.39 is 5.60 Å². The minimum absolute atomic E-state index is 0.178. The number of hydrogen-bond donors (Lipinski definition) is 1. The first-order valence-electron chi connectivity index (χ1n) is 12.4. The molecule has 1 aliphatic carbocycles. The van der Waals surface area contributed by atoms with Crippen LogP contribution in [0.25, 0.3) is 12.2 Å². The second-order valence-corrected chi connectivity index (χ2v) is 9.39. The van der Waals surface area contributed by atoms with Crippen LogP contribution in [0.3, 0.4) is 0 Å². The van der Waals surface area contributed by atoms with E-state index in [1.54, 1.807) is 18.2 Å². The van der Waals surface area contributed by atoms with Crippen molar-refractivity contribution in [3.63, 3.8) is 0 Å². The van der Waals surface area contributed by atoms with Crippen LogP contribution in [0, 0.1) is 0 Å². The zero-order valence-corrected chi connectivity index (χ0v) is 22.2. The lowest BCUT2D eigenvalue weighted by molar-refractivity contribution is -0.148. The van der Waals surface area contributed by atoms with Crippen molar-refractivity contribution in [2.45, 2.75) is 77.8 Å². The molecular formula is C31H42O5. The van der Waals surface area contributed by atoms with E-state index in [9.17, 15) is 4.79 Å². The molecule has 0 heterocycles. The van der Waals surface area contributed by atoms with Crippen LogP contribution in [0.4, 0.5) is 0 Å². The van der Waals surface area contributed by atoms with Crippen molar-refractivity contribution in [1.29, 1.82) is 0 Å². The van der Waals surface area contributed by atoms with Gasteiger partial charge in [-0.25, -0.2) is 4.79 Å². The maximum absolute atomic E-state index is 10.5. The maximum Gasteiger partial charge on any atom is 0.330 e. The molecule has 0 spiro atoms. The molecule has 1 atom stereocenters. The number of phenolic OH excluding ortho intramolecular Hbond substituents is 1. The van der Waals surface area contributed by atoms with Crippen LogP contribution in [-0.2, 0) is 14.3 Å². The van der Waals surface area contributed by atoms with Crippen molar-refractivity contribution in [1.82, 2.24) is 0 Å². The van der Waals surface area contributed by atoms with Gasteiger partial charge in [-0.3, -0.25) is 0 Å². The lowest BCUT2D eigenvalue weighted by Gasteiger charge is -2.26. The van der Waals surface area contributed by atoms with Crippen LogP contribution >= 0.6 is 0 Å². The maximum atomic E-state index is 10.5. The van der Waals surface area contributed by atoms with Crippen LogP contribution in [0.5, 0.6) is 11.5 Å². The predicted molar refractivity (Wildman–Crippen MR) is 149 cm³/mol. The quantitative estimate of drug-likeness (QED) is 0.240. The van der Waals surface area contributed by atoms with E-state index in [1.807, 2.05) is 70.2 Å². The molecule has 5 heteroatoms. The monoisotopic (exact) mass is 494 g/mol. The zero-order valence-electron chi connectivity index (χ0n) is 22.2. The largest absolute Gasteiger partial charge is 0.508 e. The molecule has 1 fully saturated rings. The lowest BCUT2D eigenvalue weighted by atomic mass is 9.98. The van der Waals surface area contributed by atoms with Gasteiger partial charge in [0, 0.05) is 6.08 Å². The Bertz CT molecular complexity index is 917.